The Labute approximate surface area is 122 Å². The number of oxazole rings is 1. The first-order valence-electron chi connectivity index (χ1n) is 6.79. The second kappa shape index (κ2) is 5.05. The van der Waals surface area contributed by atoms with Gasteiger partial charge in [-0.3, -0.25) is 4.79 Å². The van der Waals surface area contributed by atoms with E-state index in [-0.39, 0.29) is 5.91 Å². The number of anilines is 1. The zero-order valence-corrected chi connectivity index (χ0v) is 12.2. The van der Waals surface area contributed by atoms with Crippen molar-refractivity contribution in [2.24, 2.45) is 0 Å². The van der Waals surface area contributed by atoms with Crippen LogP contribution < -0.4 is 5.32 Å². The van der Waals surface area contributed by atoms with Crippen LogP contribution in [-0.2, 0) is 4.79 Å². The van der Waals surface area contributed by atoms with Crippen LogP contribution in [0.4, 0.5) is 5.69 Å². The van der Waals surface area contributed by atoms with E-state index in [0.717, 1.165) is 33.5 Å². The number of carbonyl (C=O) groups is 1. The molecule has 0 aliphatic carbocycles. The highest BCUT2D eigenvalue weighted by atomic mass is 16.3. The van der Waals surface area contributed by atoms with Gasteiger partial charge in [-0.2, -0.15) is 0 Å². The summed E-state index contributed by atoms with van der Waals surface area (Å²) < 4.78 is 5.88. The smallest absolute Gasteiger partial charge is 0.227 e. The highest BCUT2D eigenvalue weighted by Crippen LogP contribution is 2.28. The van der Waals surface area contributed by atoms with Crippen LogP contribution >= 0.6 is 0 Å². The van der Waals surface area contributed by atoms with Gasteiger partial charge < -0.3 is 9.73 Å². The molecular formula is C17H16N2O2. The van der Waals surface area contributed by atoms with Gasteiger partial charge in [0.05, 0.1) is 0 Å². The van der Waals surface area contributed by atoms with Crippen LogP contribution in [0.1, 0.15) is 18.1 Å². The molecule has 0 bridgehead atoms. The Morgan fingerprint density at radius 3 is 2.76 bits per heavy atom. The van der Waals surface area contributed by atoms with Gasteiger partial charge in [-0.15, -0.1) is 0 Å². The maximum atomic E-state index is 11.1. The SMILES string of the molecule is CC(=O)Nc1cccc(-c2nc3cc(C)cc(C)c3o2)c1. The molecule has 0 saturated heterocycles. The van der Waals surface area contributed by atoms with Crippen molar-refractivity contribution in [3.05, 3.63) is 47.5 Å². The normalized spacial score (nSPS) is 10.8. The fraction of sp³-hybridized carbons (Fsp3) is 0.176. The summed E-state index contributed by atoms with van der Waals surface area (Å²) in [6.07, 6.45) is 0. The average Bonchev–Trinajstić information content (AvgIpc) is 2.82. The van der Waals surface area contributed by atoms with E-state index in [1.807, 2.05) is 44.2 Å². The molecule has 0 radical (unpaired) electrons. The minimum atomic E-state index is -0.101. The van der Waals surface area contributed by atoms with Gasteiger partial charge in [0.25, 0.3) is 0 Å². The van der Waals surface area contributed by atoms with Crippen LogP contribution in [0, 0.1) is 13.8 Å². The van der Waals surface area contributed by atoms with Crippen LogP contribution in [0.2, 0.25) is 0 Å². The van der Waals surface area contributed by atoms with Gasteiger partial charge in [0, 0.05) is 18.2 Å². The minimum Gasteiger partial charge on any atom is -0.436 e. The monoisotopic (exact) mass is 280 g/mol. The van der Waals surface area contributed by atoms with E-state index < -0.39 is 0 Å². The van der Waals surface area contributed by atoms with Crippen molar-refractivity contribution in [1.82, 2.24) is 4.98 Å². The molecule has 2 aromatic carbocycles. The Morgan fingerprint density at radius 1 is 1.19 bits per heavy atom. The predicted octanol–water partition coefficient (Wildman–Crippen LogP) is 4.07. The molecule has 21 heavy (non-hydrogen) atoms. The molecule has 0 saturated carbocycles. The van der Waals surface area contributed by atoms with Crippen LogP contribution in [-0.4, -0.2) is 10.9 Å². The van der Waals surface area contributed by atoms with Gasteiger partial charge in [0.1, 0.15) is 5.52 Å². The maximum Gasteiger partial charge on any atom is 0.227 e. The summed E-state index contributed by atoms with van der Waals surface area (Å²) in [5.74, 6) is 0.460. The molecule has 4 heteroatoms. The third-order valence-corrected chi connectivity index (χ3v) is 3.25. The number of benzene rings is 2. The highest BCUT2D eigenvalue weighted by Gasteiger charge is 2.11. The molecular weight excluding hydrogens is 264 g/mol. The largest absolute Gasteiger partial charge is 0.436 e. The van der Waals surface area contributed by atoms with Crippen molar-refractivity contribution in [1.29, 1.82) is 0 Å². The summed E-state index contributed by atoms with van der Waals surface area (Å²) in [4.78, 5) is 15.7. The number of hydrogen-bond donors (Lipinski definition) is 1. The molecule has 106 valence electrons. The quantitative estimate of drug-likeness (QED) is 0.769. The Hall–Kier alpha value is -2.62. The van der Waals surface area contributed by atoms with E-state index in [0.29, 0.717) is 5.89 Å². The molecule has 1 aromatic heterocycles. The van der Waals surface area contributed by atoms with Gasteiger partial charge in [-0.1, -0.05) is 12.1 Å². The van der Waals surface area contributed by atoms with Crippen molar-refractivity contribution in [2.75, 3.05) is 5.32 Å². The Morgan fingerprint density at radius 2 is 2.00 bits per heavy atom. The van der Waals surface area contributed by atoms with E-state index in [4.69, 9.17) is 4.42 Å². The lowest BCUT2D eigenvalue weighted by Gasteiger charge is -2.02. The number of aryl methyl sites for hydroxylation is 2. The lowest BCUT2D eigenvalue weighted by molar-refractivity contribution is -0.114. The summed E-state index contributed by atoms with van der Waals surface area (Å²) in [6, 6.07) is 11.6. The number of carbonyl (C=O) groups excluding carboxylic acids is 1. The molecule has 1 heterocycles. The first-order valence-corrected chi connectivity index (χ1v) is 6.79. The fourth-order valence-corrected chi connectivity index (χ4v) is 2.43. The van der Waals surface area contributed by atoms with Crippen molar-refractivity contribution in [2.45, 2.75) is 20.8 Å². The van der Waals surface area contributed by atoms with E-state index in [1.165, 1.54) is 6.92 Å². The Balaban J connectivity index is 2.08. The molecule has 0 fully saturated rings. The summed E-state index contributed by atoms with van der Waals surface area (Å²) in [7, 11) is 0. The lowest BCUT2D eigenvalue weighted by Crippen LogP contribution is -2.05. The molecule has 0 spiro atoms. The molecule has 1 N–H and O–H groups in total. The number of amides is 1. The number of nitrogens with zero attached hydrogens (tertiary/aromatic N) is 1. The van der Waals surface area contributed by atoms with Crippen LogP contribution in [0.25, 0.3) is 22.6 Å². The Kier molecular flexibility index (Phi) is 3.22. The summed E-state index contributed by atoms with van der Waals surface area (Å²) in [5.41, 5.74) is 5.46. The molecule has 3 aromatic rings. The molecule has 0 aliphatic heterocycles. The Bertz CT molecular complexity index is 834. The van der Waals surface area contributed by atoms with Gasteiger partial charge in [-0.05, 0) is 49.2 Å². The third kappa shape index (κ3) is 2.65. The first-order chi connectivity index (χ1) is 10.0. The van der Waals surface area contributed by atoms with Gasteiger partial charge >= 0.3 is 0 Å². The maximum absolute atomic E-state index is 11.1. The number of nitrogens with one attached hydrogen (secondary N) is 1. The van der Waals surface area contributed by atoms with Crippen molar-refractivity contribution < 1.29 is 9.21 Å². The van der Waals surface area contributed by atoms with Crippen LogP contribution in [0.3, 0.4) is 0 Å². The van der Waals surface area contributed by atoms with Crippen molar-refractivity contribution in [3.63, 3.8) is 0 Å². The summed E-state index contributed by atoms with van der Waals surface area (Å²) in [6.45, 7) is 5.54. The van der Waals surface area contributed by atoms with Gasteiger partial charge in [-0.25, -0.2) is 4.98 Å². The predicted molar refractivity (Wildman–Crippen MR) is 83.2 cm³/mol. The third-order valence-electron chi connectivity index (χ3n) is 3.25. The van der Waals surface area contributed by atoms with Crippen LogP contribution in [0.15, 0.2) is 40.8 Å². The minimum absolute atomic E-state index is 0.101. The molecule has 0 atom stereocenters. The fourth-order valence-electron chi connectivity index (χ4n) is 2.43. The van der Waals surface area contributed by atoms with E-state index >= 15 is 0 Å². The molecule has 0 aliphatic rings. The topological polar surface area (TPSA) is 55.1 Å². The average molecular weight is 280 g/mol. The van der Waals surface area contributed by atoms with E-state index in [1.54, 1.807) is 0 Å². The second-order valence-corrected chi connectivity index (χ2v) is 5.21. The number of rotatable bonds is 2. The lowest BCUT2D eigenvalue weighted by atomic mass is 10.1. The van der Waals surface area contributed by atoms with Crippen LogP contribution in [0.5, 0.6) is 0 Å². The molecule has 3 rings (SSSR count). The first kappa shape index (κ1) is 13.4. The van der Waals surface area contributed by atoms with E-state index in [2.05, 4.69) is 16.4 Å². The molecule has 0 unspecified atom stereocenters. The van der Waals surface area contributed by atoms with Crippen molar-refractivity contribution >= 4 is 22.7 Å². The second-order valence-electron chi connectivity index (χ2n) is 5.21. The van der Waals surface area contributed by atoms with E-state index in [9.17, 15) is 4.79 Å². The zero-order chi connectivity index (χ0) is 15.0. The summed E-state index contributed by atoms with van der Waals surface area (Å²) >= 11 is 0. The summed E-state index contributed by atoms with van der Waals surface area (Å²) in [5, 5.41) is 2.76. The number of hydrogen-bond acceptors (Lipinski definition) is 3. The molecule has 1 amide bonds. The number of aromatic nitrogens is 1. The van der Waals surface area contributed by atoms with Gasteiger partial charge in [0.2, 0.25) is 11.8 Å². The number of fused-ring (bicyclic) bond motifs is 1. The van der Waals surface area contributed by atoms with Crippen molar-refractivity contribution in [3.8, 4) is 11.5 Å². The molecule has 4 nitrogen and oxygen atoms in total. The standard InChI is InChI=1S/C17H16N2O2/c1-10-7-11(2)16-15(8-10)19-17(21-16)13-5-4-6-14(9-13)18-12(3)20/h4-9H,1-3H3,(H,18,20). The highest BCUT2D eigenvalue weighted by molar-refractivity contribution is 5.89. The van der Waals surface area contributed by atoms with Gasteiger partial charge in [0.15, 0.2) is 5.58 Å². The zero-order valence-electron chi connectivity index (χ0n) is 12.2.